The van der Waals surface area contributed by atoms with Crippen molar-refractivity contribution in [3.63, 3.8) is 0 Å². The zero-order valence-electron chi connectivity index (χ0n) is 15.3. The van der Waals surface area contributed by atoms with Crippen LogP contribution in [0.4, 0.5) is 0 Å². The molecule has 2 heterocycles. The van der Waals surface area contributed by atoms with Gasteiger partial charge in [0.05, 0.1) is 0 Å². The number of ether oxygens (including phenoxy) is 1. The number of aryl methyl sites for hydroxylation is 1. The molecular weight excluding hydrogens is 376 g/mol. The highest BCUT2D eigenvalue weighted by Crippen LogP contribution is 2.34. The van der Waals surface area contributed by atoms with E-state index in [1.807, 2.05) is 37.3 Å². The number of hydrogen-bond acceptors (Lipinski definition) is 6. The minimum absolute atomic E-state index is 0.0410. The van der Waals surface area contributed by atoms with Crippen molar-refractivity contribution in [3.05, 3.63) is 59.9 Å². The lowest BCUT2D eigenvalue weighted by Gasteiger charge is -2.13. The van der Waals surface area contributed by atoms with Crippen molar-refractivity contribution in [2.24, 2.45) is 0 Å². The molecule has 0 fully saturated rings. The van der Waals surface area contributed by atoms with Gasteiger partial charge in [-0.1, -0.05) is 30.3 Å². The van der Waals surface area contributed by atoms with Crippen LogP contribution in [0.1, 0.15) is 15.9 Å². The molecule has 0 aliphatic carbocycles. The van der Waals surface area contributed by atoms with Gasteiger partial charge in [-0.2, -0.15) is 9.61 Å². The highest BCUT2D eigenvalue weighted by molar-refractivity contribution is 6.03. The first-order chi connectivity index (χ1) is 14.0. The molecule has 0 spiro atoms. The van der Waals surface area contributed by atoms with E-state index in [9.17, 15) is 14.7 Å². The second-order valence-corrected chi connectivity index (χ2v) is 6.34. The van der Waals surface area contributed by atoms with Gasteiger partial charge >= 0.3 is 5.97 Å². The Morgan fingerprint density at radius 1 is 1.17 bits per heavy atom. The van der Waals surface area contributed by atoms with E-state index >= 15 is 0 Å². The van der Waals surface area contributed by atoms with E-state index in [1.54, 1.807) is 6.07 Å². The first-order valence-electron chi connectivity index (χ1n) is 8.67. The van der Waals surface area contributed by atoms with Crippen LogP contribution >= 0.6 is 0 Å². The Hall–Kier alpha value is -4.14. The number of carbonyl (C=O) groups excluding carboxylic acids is 1. The third kappa shape index (κ3) is 3.29. The fourth-order valence-corrected chi connectivity index (χ4v) is 3.11. The zero-order valence-corrected chi connectivity index (χ0v) is 15.3. The molecule has 29 heavy (non-hydrogen) atoms. The number of carboxylic acid groups (broad SMARTS) is 1. The number of nitrogens with zero attached hydrogens (tertiary/aromatic N) is 3. The van der Waals surface area contributed by atoms with Crippen LogP contribution in [0.3, 0.4) is 0 Å². The van der Waals surface area contributed by atoms with Crippen molar-refractivity contribution in [1.29, 1.82) is 0 Å². The lowest BCUT2D eigenvalue weighted by Crippen LogP contribution is -2.29. The molecule has 2 aromatic heterocycles. The van der Waals surface area contributed by atoms with E-state index in [0.717, 1.165) is 16.3 Å². The lowest BCUT2D eigenvalue weighted by molar-refractivity contribution is -0.135. The first-order valence-corrected chi connectivity index (χ1v) is 8.67. The predicted octanol–water partition coefficient (Wildman–Crippen LogP) is 2.50. The average molecular weight is 392 g/mol. The van der Waals surface area contributed by atoms with Crippen LogP contribution in [0, 0.1) is 6.92 Å². The standard InChI is InChI=1S/C20H16N4O5/c1-11-4-2-6-13-12(11)5-3-7-15(13)29-16-8-14(25)18(19-22-10-23-24(16)19)20(28)21-9-17(26)27/h2-8,10,25H,9H2,1H3,(H,21,28)(H,26,27). The van der Waals surface area contributed by atoms with Gasteiger partial charge in [0.2, 0.25) is 5.88 Å². The second kappa shape index (κ2) is 7.12. The summed E-state index contributed by atoms with van der Waals surface area (Å²) < 4.78 is 7.27. The number of hydrogen-bond donors (Lipinski definition) is 3. The van der Waals surface area contributed by atoms with Gasteiger partial charge in [0.15, 0.2) is 5.65 Å². The third-order valence-electron chi connectivity index (χ3n) is 4.44. The maximum absolute atomic E-state index is 12.3. The molecule has 9 heteroatoms. The third-order valence-corrected chi connectivity index (χ3v) is 4.44. The number of benzene rings is 2. The van der Waals surface area contributed by atoms with E-state index in [0.29, 0.717) is 5.75 Å². The van der Waals surface area contributed by atoms with E-state index in [2.05, 4.69) is 15.4 Å². The summed E-state index contributed by atoms with van der Waals surface area (Å²) >= 11 is 0. The molecule has 146 valence electrons. The molecule has 0 aliphatic rings. The smallest absolute Gasteiger partial charge is 0.322 e. The van der Waals surface area contributed by atoms with Crippen LogP contribution in [-0.2, 0) is 4.79 Å². The van der Waals surface area contributed by atoms with Crippen molar-refractivity contribution >= 4 is 28.3 Å². The monoisotopic (exact) mass is 392 g/mol. The Labute approximate surface area is 164 Å². The Balaban J connectivity index is 1.78. The fraction of sp³-hybridized carbons (Fsp3) is 0.100. The van der Waals surface area contributed by atoms with Crippen molar-refractivity contribution in [2.45, 2.75) is 6.92 Å². The largest absolute Gasteiger partial charge is 0.507 e. The zero-order chi connectivity index (χ0) is 20.5. The van der Waals surface area contributed by atoms with Crippen LogP contribution in [0.25, 0.3) is 16.4 Å². The molecule has 0 unspecified atom stereocenters. The van der Waals surface area contributed by atoms with Crippen molar-refractivity contribution < 1.29 is 24.5 Å². The van der Waals surface area contributed by atoms with Gasteiger partial charge in [0, 0.05) is 11.5 Å². The van der Waals surface area contributed by atoms with Crippen LogP contribution in [-0.4, -0.2) is 43.2 Å². The lowest BCUT2D eigenvalue weighted by atomic mass is 10.1. The molecular formula is C20H16N4O5. The van der Waals surface area contributed by atoms with Crippen molar-refractivity contribution in [1.82, 2.24) is 19.9 Å². The molecule has 0 radical (unpaired) electrons. The van der Waals surface area contributed by atoms with E-state index < -0.39 is 24.2 Å². The van der Waals surface area contributed by atoms with Crippen LogP contribution in [0.5, 0.6) is 17.4 Å². The Bertz CT molecular complexity index is 1260. The Kier molecular flexibility index (Phi) is 4.47. The van der Waals surface area contributed by atoms with Gasteiger partial charge < -0.3 is 20.3 Å². The normalized spacial score (nSPS) is 10.9. The maximum atomic E-state index is 12.3. The molecule has 4 aromatic rings. The van der Waals surface area contributed by atoms with Gasteiger partial charge in [0.25, 0.3) is 5.91 Å². The van der Waals surface area contributed by atoms with Crippen molar-refractivity contribution in [2.75, 3.05) is 6.54 Å². The molecule has 0 bridgehead atoms. The Morgan fingerprint density at radius 3 is 2.72 bits per heavy atom. The summed E-state index contributed by atoms with van der Waals surface area (Å²) in [6.07, 6.45) is 1.21. The summed E-state index contributed by atoms with van der Waals surface area (Å²) in [5.41, 5.74) is 0.941. The summed E-state index contributed by atoms with van der Waals surface area (Å²) in [5, 5.41) is 27.3. The number of nitrogens with one attached hydrogen (secondary N) is 1. The summed E-state index contributed by atoms with van der Waals surface area (Å²) in [7, 11) is 0. The summed E-state index contributed by atoms with van der Waals surface area (Å²) in [6, 6.07) is 12.7. The number of fused-ring (bicyclic) bond motifs is 2. The molecule has 3 N–H and O–H groups in total. The SMILES string of the molecule is Cc1cccc2c(Oc3cc(O)c(C(=O)NCC(=O)O)c4ncnn34)cccc12. The average Bonchev–Trinajstić information content (AvgIpc) is 3.17. The van der Waals surface area contributed by atoms with Gasteiger partial charge in [-0.05, 0) is 23.9 Å². The predicted molar refractivity (Wildman–Crippen MR) is 103 cm³/mol. The minimum Gasteiger partial charge on any atom is -0.507 e. The molecule has 0 aliphatic heterocycles. The molecule has 0 saturated heterocycles. The van der Waals surface area contributed by atoms with Crippen molar-refractivity contribution in [3.8, 4) is 17.4 Å². The van der Waals surface area contributed by atoms with Gasteiger partial charge in [-0.3, -0.25) is 9.59 Å². The molecule has 0 saturated carbocycles. The first kappa shape index (κ1) is 18.2. The molecule has 4 rings (SSSR count). The topological polar surface area (TPSA) is 126 Å². The summed E-state index contributed by atoms with van der Waals surface area (Å²) in [6.45, 7) is 1.41. The number of pyridine rings is 1. The number of aromatic hydroxyl groups is 1. The second-order valence-electron chi connectivity index (χ2n) is 6.34. The molecule has 2 aromatic carbocycles. The highest BCUT2D eigenvalue weighted by Gasteiger charge is 2.22. The van der Waals surface area contributed by atoms with Gasteiger partial charge in [-0.25, -0.2) is 4.98 Å². The van der Waals surface area contributed by atoms with E-state index in [4.69, 9.17) is 9.84 Å². The maximum Gasteiger partial charge on any atom is 0.322 e. The molecule has 0 atom stereocenters. The van der Waals surface area contributed by atoms with Crippen LogP contribution in [0.2, 0.25) is 0 Å². The van der Waals surface area contributed by atoms with Crippen LogP contribution < -0.4 is 10.1 Å². The number of carboxylic acids is 1. The number of aliphatic carboxylic acids is 1. The fourth-order valence-electron chi connectivity index (χ4n) is 3.11. The Morgan fingerprint density at radius 2 is 1.93 bits per heavy atom. The van der Waals surface area contributed by atoms with Gasteiger partial charge in [0.1, 0.15) is 29.9 Å². The van der Waals surface area contributed by atoms with Crippen LogP contribution in [0.15, 0.2) is 48.8 Å². The quantitative estimate of drug-likeness (QED) is 0.476. The number of rotatable bonds is 5. The van der Waals surface area contributed by atoms with Gasteiger partial charge in [-0.15, -0.1) is 0 Å². The molecule has 1 amide bonds. The summed E-state index contributed by atoms with van der Waals surface area (Å²) in [4.78, 5) is 27.0. The molecule has 9 nitrogen and oxygen atoms in total. The minimum atomic E-state index is -1.21. The van der Waals surface area contributed by atoms with E-state index in [-0.39, 0.29) is 17.1 Å². The number of aromatic nitrogens is 3. The summed E-state index contributed by atoms with van der Waals surface area (Å²) in [5.74, 6) is -1.69. The van der Waals surface area contributed by atoms with E-state index in [1.165, 1.54) is 16.9 Å². The highest BCUT2D eigenvalue weighted by atomic mass is 16.5. The number of amides is 1. The number of carbonyl (C=O) groups is 2.